The predicted molar refractivity (Wildman–Crippen MR) is 162 cm³/mol. The minimum atomic E-state index is -1.09. The molecule has 13 heteroatoms. The number of benzene rings is 1. The maximum absolute atomic E-state index is 14.0. The van der Waals surface area contributed by atoms with Crippen LogP contribution in [0.15, 0.2) is 32.2 Å². The summed E-state index contributed by atoms with van der Waals surface area (Å²) in [6.07, 6.45) is 3.09. The Bertz CT molecular complexity index is 1440. The van der Waals surface area contributed by atoms with Crippen LogP contribution in [0.2, 0.25) is 0 Å². The Morgan fingerprint density at radius 2 is 1.50 bits per heavy atom. The maximum atomic E-state index is 14.0. The fraction of sp³-hybridized carbons (Fsp3) is 0.448. The standard InChI is InChI=1S/C29H30N2O8S3/c1-29(2)23(40)20(28-41-21(26(35)38-4)22(42-28)27(36)39-5)17-12-14(37-3)10-11-18(17)31(29)19(32)13-30-24(33)15-8-6-7-9-16(15)25(30)34/h10-12,15-16H,6-9,13H2,1-5H3/t15-,16-/m0/s1. The molecule has 1 aromatic rings. The number of amides is 3. The number of thiocarbonyl (C=S) groups is 1. The van der Waals surface area contributed by atoms with Crippen molar-refractivity contribution in [3.8, 4) is 5.75 Å². The number of nitrogens with zero attached hydrogens (tertiary/aromatic N) is 2. The van der Waals surface area contributed by atoms with Gasteiger partial charge in [-0.2, -0.15) is 0 Å². The van der Waals surface area contributed by atoms with Crippen LogP contribution in [0.25, 0.3) is 5.57 Å². The molecule has 0 bridgehead atoms. The van der Waals surface area contributed by atoms with Gasteiger partial charge in [0.25, 0.3) is 0 Å². The average molecular weight is 631 g/mol. The van der Waals surface area contributed by atoms with Gasteiger partial charge in [-0.15, -0.1) is 0 Å². The topological polar surface area (TPSA) is 120 Å². The molecular formula is C29H30N2O8S3. The summed E-state index contributed by atoms with van der Waals surface area (Å²) in [4.78, 5) is 68.7. The fourth-order valence-electron chi connectivity index (χ4n) is 5.96. The monoisotopic (exact) mass is 630 g/mol. The normalized spacial score (nSPS) is 23.2. The van der Waals surface area contributed by atoms with Crippen molar-refractivity contribution in [3.63, 3.8) is 0 Å². The number of fused-ring (bicyclic) bond motifs is 2. The molecule has 222 valence electrons. The van der Waals surface area contributed by atoms with E-state index < -0.39 is 29.9 Å². The van der Waals surface area contributed by atoms with Crippen molar-refractivity contribution in [2.45, 2.75) is 45.1 Å². The predicted octanol–water partition coefficient (Wildman–Crippen LogP) is 4.07. The second-order valence-corrected chi connectivity index (χ2v) is 13.5. The van der Waals surface area contributed by atoms with Gasteiger partial charge in [0.1, 0.15) is 22.1 Å². The Balaban J connectivity index is 1.58. The van der Waals surface area contributed by atoms with Crippen molar-refractivity contribution in [1.29, 1.82) is 0 Å². The van der Waals surface area contributed by atoms with Crippen LogP contribution in [0, 0.1) is 11.8 Å². The van der Waals surface area contributed by atoms with Crippen molar-refractivity contribution < 1.29 is 38.2 Å². The van der Waals surface area contributed by atoms with Gasteiger partial charge in [0, 0.05) is 11.1 Å². The number of rotatable bonds is 5. The summed E-state index contributed by atoms with van der Waals surface area (Å²) >= 11 is 8.11. The van der Waals surface area contributed by atoms with Crippen LogP contribution in [0.3, 0.4) is 0 Å². The molecule has 2 fully saturated rings. The lowest BCUT2D eigenvalue weighted by Crippen LogP contribution is -2.58. The fourth-order valence-corrected chi connectivity index (χ4v) is 9.00. The maximum Gasteiger partial charge on any atom is 0.346 e. The molecule has 1 aliphatic carbocycles. The van der Waals surface area contributed by atoms with E-state index in [4.69, 9.17) is 26.4 Å². The van der Waals surface area contributed by atoms with E-state index in [1.165, 1.54) is 26.2 Å². The van der Waals surface area contributed by atoms with Crippen LogP contribution in [0.1, 0.15) is 45.1 Å². The summed E-state index contributed by atoms with van der Waals surface area (Å²) in [5, 5.41) is 0. The third-order valence-electron chi connectivity index (χ3n) is 8.07. The van der Waals surface area contributed by atoms with Crippen molar-refractivity contribution in [2.75, 3.05) is 32.8 Å². The SMILES string of the molecule is COC(=O)C1=C(C(=O)OC)SC(=C2C(=S)C(C)(C)N(C(=O)CN3C(=O)[C@H]4CCCC[C@@H]4C3=O)c3ccc(OC)cc32)S1. The van der Waals surface area contributed by atoms with Gasteiger partial charge in [-0.05, 0) is 44.9 Å². The van der Waals surface area contributed by atoms with Crippen molar-refractivity contribution in [1.82, 2.24) is 4.90 Å². The first-order valence-electron chi connectivity index (χ1n) is 13.4. The first-order valence-corrected chi connectivity index (χ1v) is 15.4. The van der Waals surface area contributed by atoms with Gasteiger partial charge in [-0.3, -0.25) is 24.2 Å². The quantitative estimate of drug-likeness (QED) is 0.203. The number of thioether (sulfide) groups is 2. The van der Waals surface area contributed by atoms with Gasteiger partial charge in [0.15, 0.2) is 0 Å². The van der Waals surface area contributed by atoms with Gasteiger partial charge in [0.2, 0.25) is 17.7 Å². The molecule has 0 spiro atoms. The molecule has 3 aliphatic heterocycles. The molecule has 2 atom stereocenters. The molecule has 1 aromatic carbocycles. The molecule has 0 radical (unpaired) electrons. The summed E-state index contributed by atoms with van der Waals surface area (Å²) in [6, 6.07) is 5.17. The molecule has 4 aliphatic rings. The Labute approximate surface area is 257 Å². The summed E-state index contributed by atoms with van der Waals surface area (Å²) in [6.45, 7) is 3.18. The molecule has 3 heterocycles. The van der Waals surface area contributed by atoms with Crippen molar-refractivity contribution in [2.24, 2.45) is 11.8 Å². The van der Waals surface area contributed by atoms with Crippen molar-refractivity contribution in [3.05, 3.63) is 37.8 Å². The number of imide groups is 1. The molecule has 10 nitrogen and oxygen atoms in total. The van der Waals surface area contributed by atoms with Gasteiger partial charge in [0.05, 0.1) is 53.5 Å². The Kier molecular flexibility index (Phi) is 8.29. The zero-order chi connectivity index (χ0) is 30.5. The largest absolute Gasteiger partial charge is 0.497 e. The van der Waals surface area contributed by atoms with E-state index in [9.17, 15) is 24.0 Å². The lowest BCUT2D eigenvalue weighted by atomic mass is 9.81. The molecular weight excluding hydrogens is 601 g/mol. The third kappa shape index (κ3) is 4.84. The number of hydrogen-bond acceptors (Lipinski definition) is 11. The highest BCUT2D eigenvalue weighted by molar-refractivity contribution is 8.29. The van der Waals surface area contributed by atoms with Gasteiger partial charge < -0.3 is 14.2 Å². The summed E-state index contributed by atoms with van der Waals surface area (Å²) in [5.41, 5.74) is 0.508. The zero-order valence-electron chi connectivity index (χ0n) is 23.8. The second kappa shape index (κ2) is 11.5. The number of carbonyl (C=O) groups is 5. The minimum Gasteiger partial charge on any atom is -0.497 e. The van der Waals surface area contributed by atoms with Crippen molar-refractivity contribution >= 4 is 81.5 Å². The summed E-state index contributed by atoms with van der Waals surface area (Å²) in [5.74, 6) is -2.63. The van der Waals surface area contributed by atoms with Crippen LogP contribution in [-0.2, 0) is 33.4 Å². The Morgan fingerprint density at radius 1 is 0.952 bits per heavy atom. The Morgan fingerprint density at radius 3 is 2.00 bits per heavy atom. The summed E-state index contributed by atoms with van der Waals surface area (Å²) < 4.78 is 15.8. The smallest absolute Gasteiger partial charge is 0.346 e. The summed E-state index contributed by atoms with van der Waals surface area (Å²) in [7, 11) is 3.96. The number of methoxy groups -OCH3 is 3. The van der Waals surface area contributed by atoms with E-state index >= 15 is 0 Å². The van der Waals surface area contributed by atoms with Crippen LogP contribution < -0.4 is 9.64 Å². The van der Waals surface area contributed by atoms with Crippen LogP contribution >= 0.6 is 35.7 Å². The molecule has 0 unspecified atom stereocenters. The molecule has 1 saturated carbocycles. The highest BCUT2D eigenvalue weighted by atomic mass is 32.2. The average Bonchev–Trinajstić information content (AvgIpc) is 3.52. The molecule has 1 saturated heterocycles. The van der Waals surface area contributed by atoms with E-state index in [0.29, 0.717) is 44.5 Å². The van der Waals surface area contributed by atoms with E-state index in [1.54, 1.807) is 32.0 Å². The molecule has 0 aromatic heterocycles. The van der Waals surface area contributed by atoms with E-state index in [2.05, 4.69) is 0 Å². The molecule has 3 amide bonds. The number of likely N-dealkylation sites (tertiary alicyclic amines) is 1. The number of hydrogen-bond donors (Lipinski definition) is 0. The highest BCUT2D eigenvalue weighted by Gasteiger charge is 2.51. The second-order valence-electron chi connectivity index (χ2n) is 10.8. The zero-order valence-corrected chi connectivity index (χ0v) is 26.3. The Hall–Kier alpha value is -3.16. The van der Waals surface area contributed by atoms with Gasteiger partial charge in [-0.25, -0.2) is 9.59 Å². The lowest BCUT2D eigenvalue weighted by molar-refractivity contribution is -0.143. The van der Waals surface area contributed by atoms with Crippen LogP contribution in [0.4, 0.5) is 5.69 Å². The molecule has 0 N–H and O–H groups in total. The van der Waals surface area contributed by atoms with Crippen LogP contribution in [0.5, 0.6) is 5.75 Å². The molecule has 5 rings (SSSR count). The number of carbonyl (C=O) groups excluding carboxylic acids is 5. The highest BCUT2D eigenvalue weighted by Crippen LogP contribution is 2.56. The van der Waals surface area contributed by atoms with Gasteiger partial charge >= 0.3 is 11.9 Å². The lowest BCUT2D eigenvalue weighted by Gasteiger charge is -2.45. The minimum absolute atomic E-state index is 0.0768. The van der Waals surface area contributed by atoms with E-state index in [0.717, 1.165) is 41.3 Å². The number of anilines is 1. The number of esters is 2. The van der Waals surface area contributed by atoms with E-state index in [-0.39, 0.29) is 33.5 Å². The van der Waals surface area contributed by atoms with Crippen LogP contribution in [-0.4, -0.2) is 72.8 Å². The third-order valence-corrected chi connectivity index (χ3v) is 11.3. The van der Waals surface area contributed by atoms with Gasteiger partial charge in [-0.1, -0.05) is 48.6 Å². The first kappa shape index (κ1) is 30.3. The number of ether oxygens (including phenoxy) is 3. The van der Waals surface area contributed by atoms with E-state index in [1.807, 2.05) is 0 Å². The first-order chi connectivity index (χ1) is 20.0. The molecule has 42 heavy (non-hydrogen) atoms.